The van der Waals surface area contributed by atoms with E-state index >= 15 is 0 Å². The third-order valence-corrected chi connectivity index (χ3v) is 5.27. The van der Waals surface area contributed by atoms with E-state index in [1.807, 2.05) is 19.9 Å². The molecule has 0 spiro atoms. The number of allylic oxidation sites excluding steroid dienone is 3. The van der Waals surface area contributed by atoms with Crippen molar-refractivity contribution >= 4 is 29.1 Å². The Morgan fingerprint density at radius 1 is 1.21 bits per heavy atom. The van der Waals surface area contributed by atoms with Gasteiger partial charge in [0, 0.05) is 18.2 Å². The molecule has 0 aliphatic carbocycles. The normalized spacial score (nSPS) is 12.1. The molecule has 1 rings (SSSR count). The molecule has 0 radical (unpaired) electrons. The van der Waals surface area contributed by atoms with Crippen LogP contribution in [0.2, 0.25) is 10.0 Å². The van der Waals surface area contributed by atoms with Gasteiger partial charge in [0.2, 0.25) is 0 Å². The van der Waals surface area contributed by atoms with Crippen LogP contribution in [0.4, 0.5) is 4.39 Å². The van der Waals surface area contributed by atoms with Crippen molar-refractivity contribution in [1.29, 1.82) is 0 Å². The molecule has 1 aromatic rings. The van der Waals surface area contributed by atoms with Crippen LogP contribution in [0.25, 0.3) is 0 Å². The molecular weight excluding hydrogens is 412 g/mol. The molecule has 0 unspecified atom stereocenters. The van der Waals surface area contributed by atoms with Gasteiger partial charge < -0.3 is 10.1 Å². The molecule has 1 N–H and O–H groups in total. The Morgan fingerprint density at radius 2 is 1.90 bits per heavy atom. The standard InChI is InChI=1S/C23H32Cl2FNO2/c1-5-6-7-8-9-10-11-12-13-19(23(28)27-15-16(2)3)29-20-14-18(26)22(25)21(24)17(20)4/h11-14,16H,5-10,15H2,1-4H3,(H,27,28)/b12-11+,19-13-. The van der Waals surface area contributed by atoms with E-state index in [1.54, 1.807) is 19.1 Å². The van der Waals surface area contributed by atoms with Gasteiger partial charge in [-0.25, -0.2) is 4.39 Å². The average Bonchev–Trinajstić information content (AvgIpc) is 2.69. The Kier molecular flexibility index (Phi) is 12.0. The van der Waals surface area contributed by atoms with E-state index in [-0.39, 0.29) is 27.5 Å². The summed E-state index contributed by atoms with van der Waals surface area (Å²) in [7, 11) is 0. The van der Waals surface area contributed by atoms with Gasteiger partial charge in [-0.3, -0.25) is 4.79 Å². The average molecular weight is 444 g/mol. The van der Waals surface area contributed by atoms with Crippen molar-refractivity contribution in [3.05, 3.63) is 51.5 Å². The Labute approximate surface area is 184 Å². The zero-order valence-electron chi connectivity index (χ0n) is 17.8. The first-order chi connectivity index (χ1) is 13.8. The number of amides is 1. The third-order valence-electron chi connectivity index (χ3n) is 4.33. The van der Waals surface area contributed by atoms with E-state index in [9.17, 15) is 9.18 Å². The summed E-state index contributed by atoms with van der Waals surface area (Å²) < 4.78 is 19.7. The molecule has 0 heterocycles. The maximum absolute atomic E-state index is 14.0. The molecule has 0 bridgehead atoms. The monoisotopic (exact) mass is 443 g/mol. The minimum absolute atomic E-state index is 0.0752. The summed E-state index contributed by atoms with van der Waals surface area (Å²) in [4.78, 5) is 12.5. The molecule has 0 saturated carbocycles. The Balaban J connectivity index is 2.90. The Hall–Kier alpha value is -1.52. The van der Waals surface area contributed by atoms with Crippen LogP contribution in [-0.4, -0.2) is 12.5 Å². The van der Waals surface area contributed by atoms with E-state index in [1.165, 1.54) is 25.7 Å². The molecule has 1 amide bonds. The van der Waals surface area contributed by atoms with Crippen LogP contribution in [0.5, 0.6) is 5.75 Å². The lowest BCUT2D eigenvalue weighted by Gasteiger charge is -2.14. The van der Waals surface area contributed by atoms with Crippen molar-refractivity contribution < 1.29 is 13.9 Å². The van der Waals surface area contributed by atoms with Crippen molar-refractivity contribution in [2.45, 2.75) is 66.2 Å². The van der Waals surface area contributed by atoms with Gasteiger partial charge in [-0.05, 0) is 31.8 Å². The Bertz CT molecular complexity index is 730. The SMILES string of the molecule is CCCCCCC/C=C/C=C(\Oc1cc(F)c(Cl)c(Cl)c1C)C(=O)NCC(C)C. The molecule has 162 valence electrons. The predicted octanol–water partition coefficient (Wildman–Crippen LogP) is 7.39. The van der Waals surface area contributed by atoms with Crippen LogP contribution in [0, 0.1) is 18.7 Å². The highest BCUT2D eigenvalue weighted by molar-refractivity contribution is 6.42. The maximum atomic E-state index is 14.0. The number of unbranched alkanes of at least 4 members (excludes halogenated alkanes) is 5. The molecule has 0 aliphatic heterocycles. The smallest absolute Gasteiger partial charge is 0.287 e. The molecule has 1 aromatic carbocycles. The molecule has 0 atom stereocenters. The second-order valence-electron chi connectivity index (χ2n) is 7.48. The lowest BCUT2D eigenvalue weighted by molar-refractivity contribution is -0.119. The summed E-state index contributed by atoms with van der Waals surface area (Å²) in [5.41, 5.74) is 0.473. The van der Waals surface area contributed by atoms with E-state index in [0.717, 1.165) is 18.9 Å². The van der Waals surface area contributed by atoms with Crippen molar-refractivity contribution in [3.8, 4) is 5.75 Å². The highest BCUT2D eigenvalue weighted by atomic mass is 35.5. The summed E-state index contributed by atoms with van der Waals surface area (Å²) in [5.74, 6) is -0.522. The van der Waals surface area contributed by atoms with Gasteiger partial charge >= 0.3 is 0 Å². The number of hydrogen-bond donors (Lipinski definition) is 1. The number of carbonyl (C=O) groups excluding carboxylic acids is 1. The first-order valence-electron chi connectivity index (χ1n) is 10.2. The van der Waals surface area contributed by atoms with Crippen molar-refractivity contribution in [2.24, 2.45) is 5.92 Å². The molecule has 0 aliphatic rings. The van der Waals surface area contributed by atoms with Gasteiger partial charge in [0.25, 0.3) is 5.91 Å². The summed E-state index contributed by atoms with van der Waals surface area (Å²) in [6, 6.07) is 1.14. The van der Waals surface area contributed by atoms with Crippen molar-refractivity contribution in [3.63, 3.8) is 0 Å². The number of rotatable bonds is 12. The number of benzene rings is 1. The fourth-order valence-corrected chi connectivity index (χ4v) is 2.93. The molecule has 0 fully saturated rings. The minimum Gasteiger partial charge on any atom is -0.451 e. The number of nitrogens with one attached hydrogen (secondary N) is 1. The second kappa shape index (κ2) is 13.7. The molecule has 0 aromatic heterocycles. The third kappa shape index (κ3) is 9.22. The van der Waals surface area contributed by atoms with E-state index in [0.29, 0.717) is 18.0 Å². The molecule has 0 saturated heterocycles. The molecular formula is C23H32Cl2FNO2. The topological polar surface area (TPSA) is 38.3 Å². The van der Waals surface area contributed by atoms with Crippen molar-refractivity contribution in [2.75, 3.05) is 6.54 Å². The van der Waals surface area contributed by atoms with Crippen LogP contribution >= 0.6 is 23.2 Å². The predicted molar refractivity (Wildman–Crippen MR) is 120 cm³/mol. The number of carbonyl (C=O) groups is 1. The quantitative estimate of drug-likeness (QED) is 0.120. The molecule has 6 heteroatoms. The van der Waals surface area contributed by atoms with Crippen LogP contribution in [0.15, 0.2) is 30.1 Å². The summed E-state index contributed by atoms with van der Waals surface area (Å²) in [5, 5.41) is 2.74. The largest absolute Gasteiger partial charge is 0.451 e. The number of hydrogen-bond acceptors (Lipinski definition) is 2. The first kappa shape index (κ1) is 25.5. The van der Waals surface area contributed by atoms with Gasteiger partial charge in [-0.1, -0.05) is 81.8 Å². The molecule has 3 nitrogen and oxygen atoms in total. The van der Waals surface area contributed by atoms with Crippen LogP contribution in [0.3, 0.4) is 0 Å². The summed E-state index contributed by atoms with van der Waals surface area (Å²) in [6.07, 6.45) is 12.4. The van der Waals surface area contributed by atoms with E-state index in [2.05, 4.69) is 12.2 Å². The van der Waals surface area contributed by atoms with Gasteiger partial charge in [0.15, 0.2) is 5.76 Å². The highest BCUT2D eigenvalue weighted by Gasteiger charge is 2.18. The van der Waals surface area contributed by atoms with Gasteiger partial charge in [-0.2, -0.15) is 0 Å². The second-order valence-corrected chi connectivity index (χ2v) is 8.23. The van der Waals surface area contributed by atoms with Crippen molar-refractivity contribution in [1.82, 2.24) is 5.32 Å². The van der Waals surface area contributed by atoms with Gasteiger partial charge in [0.1, 0.15) is 11.6 Å². The maximum Gasteiger partial charge on any atom is 0.287 e. The summed E-state index contributed by atoms with van der Waals surface area (Å²) in [6.45, 7) is 8.37. The van der Waals surface area contributed by atoms with Crippen LogP contribution < -0.4 is 10.1 Å². The van der Waals surface area contributed by atoms with Gasteiger partial charge in [-0.15, -0.1) is 0 Å². The highest BCUT2D eigenvalue weighted by Crippen LogP contribution is 2.35. The molecule has 29 heavy (non-hydrogen) atoms. The van der Waals surface area contributed by atoms with E-state index in [4.69, 9.17) is 27.9 Å². The van der Waals surface area contributed by atoms with Gasteiger partial charge in [0.05, 0.1) is 10.0 Å². The Morgan fingerprint density at radius 3 is 2.55 bits per heavy atom. The fraction of sp³-hybridized carbons (Fsp3) is 0.522. The van der Waals surface area contributed by atoms with E-state index < -0.39 is 5.82 Å². The zero-order chi connectivity index (χ0) is 21.8. The number of halogens is 3. The van der Waals surface area contributed by atoms with Crippen LogP contribution in [-0.2, 0) is 4.79 Å². The minimum atomic E-state index is -0.693. The first-order valence-corrected chi connectivity index (χ1v) is 11.0. The lowest BCUT2D eigenvalue weighted by Crippen LogP contribution is -2.30. The number of ether oxygens (including phenoxy) is 1. The fourth-order valence-electron chi connectivity index (χ4n) is 2.55. The summed E-state index contributed by atoms with van der Waals surface area (Å²) >= 11 is 11.9. The lowest BCUT2D eigenvalue weighted by atomic mass is 10.1. The zero-order valence-corrected chi connectivity index (χ0v) is 19.3. The van der Waals surface area contributed by atoms with Crippen LogP contribution in [0.1, 0.15) is 64.9 Å².